The van der Waals surface area contributed by atoms with Crippen molar-refractivity contribution in [3.05, 3.63) is 180 Å². The fraction of sp³-hybridized carbons (Fsp3) is 0.0250. The molecule has 0 amide bonds. The lowest BCUT2D eigenvalue weighted by atomic mass is 9.64. The summed E-state index contributed by atoms with van der Waals surface area (Å²) in [5.74, 6) is 0.714. The third-order valence-electron chi connectivity index (χ3n) is 8.97. The number of hydrogen-bond acceptors (Lipinski definition) is 4. The van der Waals surface area contributed by atoms with Gasteiger partial charge in [0.15, 0.2) is 5.82 Å². The van der Waals surface area contributed by atoms with Crippen LogP contribution in [-0.4, -0.2) is 15.0 Å². The molecular weight excluding hydrogens is 536 g/mol. The number of anilines is 3. The van der Waals surface area contributed by atoms with Crippen molar-refractivity contribution in [3.63, 3.8) is 0 Å². The number of rotatable bonds is 3. The summed E-state index contributed by atoms with van der Waals surface area (Å²) in [6.45, 7) is 0. The van der Waals surface area contributed by atoms with Gasteiger partial charge in [0.05, 0.1) is 28.2 Å². The van der Waals surface area contributed by atoms with Crippen molar-refractivity contribution in [2.75, 3.05) is 4.90 Å². The first kappa shape index (κ1) is 24.7. The minimum absolute atomic E-state index is 0.641. The summed E-state index contributed by atoms with van der Waals surface area (Å²) in [5.41, 5.74) is 12.6. The average Bonchev–Trinajstić information content (AvgIpc) is 3.40. The van der Waals surface area contributed by atoms with Crippen LogP contribution in [0, 0.1) is 0 Å². The van der Waals surface area contributed by atoms with E-state index in [0.717, 1.165) is 50.7 Å². The minimum Gasteiger partial charge on any atom is -0.310 e. The smallest absolute Gasteiger partial charge is 0.160 e. The van der Waals surface area contributed by atoms with E-state index in [1.165, 1.54) is 16.7 Å². The van der Waals surface area contributed by atoms with Crippen molar-refractivity contribution in [1.29, 1.82) is 0 Å². The minimum atomic E-state index is -0.641. The molecule has 4 heteroatoms. The molecule has 3 heterocycles. The largest absolute Gasteiger partial charge is 0.310 e. The maximum absolute atomic E-state index is 5.39. The molecule has 1 aliphatic heterocycles. The van der Waals surface area contributed by atoms with E-state index in [4.69, 9.17) is 9.97 Å². The maximum atomic E-state index is 5.39. The number of para-hydroxylation sites is 3. The SMILES string of the molecule is c1ccc(-c2nc(-c3ccncc3)c3c(n2)-c2ccccc2C32c3ccccc3N(c3ccccc3)c3ccccc32)cc1. The lowest BCUT2D eigenvalue weighted by Crippen LogP contribution is -2.36. The molecule has 0 unspecified atom stereocenters. The molecule has 206 valence electrons. The molecule has 4 nitrogen and oxygen atoms in total. The molecular formula is C40H26N4. The molecule has 1 spiro atoms. The quantitative estimate of drug-likeness (QED) is 0.215. The third kappa shape index (κ3) is 3.36. The molecule has 0 N–H and O–H groups in total. The number of aromatic nitrogens is 3. The van der Waals surface area contributed by atoms with E-state index in [1.807, 2.05) is 30.6 Å². The molecule has 2 aliphatic rings. The number of nitrogens with zero attached hydrogens (tertiary/aromatic N) is 4. The molecule has 0 bridgehead atoms. The summed E-state index contributed by atoms with van der Waals surface area (Å²) < 4.78 is 0. The van der Waals surface area contributed by atoms with E-state index in [1.54, 1.807) is 0 Å². The van der Waals surface area contributed by atoms with Crippen LogP contribution < -0.4 is 4.90 Å². The van der Waals surface area contributed by atoms with Crippen molar-refractivity contribution < 1.29 is 0 Å². The molecule has 0 atom stereocenters. The van der Waals surface area contributed by atoms with E-state index in [9.17, 15) is 0 Å². The number of hydrogen-bond donors (Lipinski definition) is 0. The first-order valence-corrected chi connectivity index (χ1v) is 14.9. The van der Waals surface area contributed by atoms with Gasteiger partial charge in [0.25, 0.3) is 0 Å². The Kier molecular flexibility index (Phi) is 5.38. The van der Waals surface area contributed by atoms with Crippen LogP contribution in [0.5, 0.6) is 0 Å². The predicted octanol–water partition coefficient (Wildman–Crippen LogP) is 9.35. The Morgan fingerprint density at radius 2 is 1.00 bits per heavy atom. The molecule has 2 aromatic heterocycles. The standard InChI is InChI=1S/C40H26N4/c1-3-13-28(14-4-1)39-42-37(27-23-25-41-26-24-27)36-38(43-39)30-17-7-8-18-31(30)40(36)32-19-9-11-21-34(32)44(29-15-5-2-6-16-29)35-22-12-10-20-33(35)40/h1-26H. The van der Waals surface area contributed by atoms with Crippen molar-refractivity contribution >= 4 is 17.1 Å². The summed E-state index contributed by atoms with van der Waals surface area (Å²) in [6.07, 6.45) is 3.70. The molecule has 44 heavy (non-hydrogen) atoms. The van der Waals surface area contributed by atoms with Gasteiger partial charge in [-0.1, -0.05) is 109 Å². The van der Waals surface area contributed by atoms with Crippen LogP contribution in [0.1, 0.15) is 22.3 Å². The van der Waals surface area contributed by atoms with E-state index in [2.05, 4.69) is 137 Å². The zero-order valence-corrected chi connectivity index (χ0v) is 23.8. The van der Waals surface area contributed by atoms with E-state index in [-0.39, 0.29) is 0 Å². The van der Waals surface area contributed by atoms with Gasteiger partial charge in [-0.3, -0.25) is 4.98 Å². The Labute approximate surface area is 256 Å². The second kappa shape index (κ2) is 9.58. The van der Waals surface area contributed by atoms with E-state index < -0.39 is 5.41 Å². The van der Waals surface area contributed by atoms with Crippen LogP contribution >= 0.6 is 0 Å². The summed E-state index contributed by atoms with van der Waals surface area (Å²) in [7, 11) is 0. The first-order valence-electron chi connectivity index (χ1n) is 14.9. The van der Waals surface area contributed by atoms with Crippen molar-refractivity contribution in [3.8, 4) is 33.9 Å². The van der Waals surface area contributed by atoms with E-state index >= 15 is 0 Å². The molecule has 0 fully saturated rings. The first-order chi connectivity index (χ1) is 21.9. The Hall–Kier alpha value is -5.87. The molecule has 9 rings (SSSR count). The van der Waals surface area contributed by atoms with Crippen LogP contribution in [0.4, 0.5) is 17.1 Å². The fourth-order valence-electron chi connectivity index (χ4n) is 7.26. The Morgan fingerprint density at radius 1 is 0.455 bits per heavy atom. The molecule has 5 aromatic carbocycles. The highest BCUT2D eigenvalue weighted by molar-refractivity contribution is 5.97. The van der Waals surface area contributed by atoms with Gasteiger partial charge in [0.1, 0.15) is 0 Å². The molecule has 0 saturated heterocycles. The van der Waals surface area contributed by atoms with E-state index in [0.29, 0.717) is 5.82 Å². The molecule has 0 saturated carbocycles. The Balaban J connectivity index is 1.46. The highest BCUT2D eigenvalue weighted by Gasteiger charge is 2.54. The van der Waals surface area contributed by atoms with Gasteiger partial charge >= 0.3 is 0 Å². The second-order valence-corrected chi connectivity index (χ2v) is 11.2. The maximum Gasteiger partial charge on any atom is 0.160 e. The highest BCUT2D eigenvalue weighted by Crippen LogP contribution is 2.64. The zero-order chi connectivity index (χ0) is 29.1. The van der Waals surface area contributed by atoms with Gasteiger partial charge in [-0.2, -0.15) is 0 Å². The lowest BCUT2D eigenvalue weighted by Gasteiger charge is -2.45. The van der Waals surface area contributed by atoms with Crippen molar-refractivity contribution in [1.82, 2.24) is 15.0 Å². The lowest BCUT2D eigenvalue weighted by molar-refractivity contribution is 0.748. The Bertz CT molecular complexity index is 2130. The third-order valence-corrected chi connectivity index (χ3v) is 8.97. The normalized spacial score (nSPS) is 13.6. The summed E-state index contributed by atoms with van der Waals surface area (Å²) >= 11 is 0. The number of fused-ring (bicyclic) bond motifs is 9. The Morgan fingerprint density at radius 3 is 1.68 bits per heavy atom. The van der Waals surface area contributed by atoms with Crippen LogP contribution in [0.3, 0.4) is 0 Å². The molecule has 1 aliphatic carbocycles. The van der Waals surface area contributed by atoms with Crippen molar-refractivity contribution in [2.24, 2.45) is 0 Å². The average molecular weight is 563 g/mol. The summed E-state index contributed by atoms with van der Waals surface area (Å²) in [5, 5.41) is 0. The van der Waals surface area contributed by atoms with Gasteiger partial charge < -0.3 is 4.90 Å². The number of benzene rings is 5. The summed E-state index contributed by atoms with van der Waals surface area (Å²) in [4.78, 5) is 17.5. The van der Waals surface area contributed by atoms with Gasteiger partial charge in [-0.25, -0.2) is 9.97 Å². The second-order valence-electron chi connectivity index (χ2n) is 11.2. The topological polar surface area (TPSA) is 41.9 Å². The van der Waals surface area contributed by atoms with Gasteiger partial charge in [0.2, 0.25) is 0 Å². The predicted molar refractivity (Wildman–Crippen MR) is 176 cm³/mol. The molecule has 0 radical (unpaired) electrons. The zero-order valence-electron chi connectivity index (χ0n) is 23.8. The van der Waals surface area contributed by atoms with Crippen molar-refractivity contribution in [2.45, 2.75) is 5.41 Å². The highest BCUT2D eigenvalue weighted by atomic mass is 15.2. The van der Waals surface area contributed by atoms with Crippen LogP contribution in [-0.2, 0) is 5.41 Å². The monoisotopic (exact) mass is 562 g/mol. The van der Waals surface area contributed by atoms with Gasteiger partial charge in [0, 0.05) is 40.3 Å². The van der Waals surface area contributed by atoms with Crippen LogP contribution in [0.25, 0.3) is 33.9 Å². The van der Waals surface area contributed by atoms with Gasteiger partial charge in [-0.05, 0) is 53.1 Å². The summed E-state index contributed by atoms with van der Waals surface area (Å²) in [6, 6.07) is 51.4. The van der Waals surface area contributed by atoms with Gasteiger partial charge in [-0.15, -0.1) is 0 Å². The molecule has 7 aromatic rings. The van der Waals surface area contributed by atoms with Crippen LogP contribution in [0.15, 0.2) is 158 Å². The number of pyridine rings is 1. The van der Waals surface area contributed by atoms with Crippen LogP contribution in [0.2, 0.25) is 0 Å². The fourth-order valence-corrected chi connectivity index (χ4v) is 7.26.